The molecule has 27 heavy (non-hydrogen) atoms. The number of nitrogens with one attached hydrogen (secondary N) is 1. The molecule has 0 bridgehead atoms. The van der Waals surface area contributed by atoms with Gasteiger partial charge in [-0.1, -0.05) is 6.08 Å². The van der Waals surface area contributed by atoms with Crippen LogP contribution in [0.15, 0.2) is 30.9 Å². The molecule has 0 aliphatic carbocycles. The first-order chi connectivity index (χ1) is 13.1. The van der Waals surface area contributed by atoms with Crippen molar-refractivity contribution in [1.82, 2.24) is 15.2 Å². The van der Waals surface area contributed by atoms with Crippen LogP contribution in [-0.2, 0) is 0 Å². The number of aromatic nitrogens is 1. The molecule has 0 radical (unpaired) electrons. The Morgan fingerprint density at radius 3 is 2.52 bits per heavy atom. The number of carbonyl (C=O) groups excluding carboxylic acids is 1. The van der Waals surface area contributed by atoms with Crippen LogP contribution >= 0.6 is 0 Å². The Morgan fingerprint density at radius 1 is 1.22 bits per heavy atom. The Hall–Kier alpha value is -3.16. The van der Waals surface area contributed by atoms with Crippen LogP contribution in [-0.4, -0.2) is 62.9 Å². The number of nitrogen functional groups attached to an aromatic ring is 1. The summed E-state index contributed by atoms with van der Waals surface area (Å²) in [6.45, 7) is 6.69. The number of piperazine rings is 1. The van der Waals surface area contributed by atoms with Gasteiger partial charge in [0.1, 0.15) is 5.82 Å². The van der Waals surface area contributed by atoms with Gasteiger partial charge in [0.2, 0.25) is 0 Å². The highest BCUT2D eigenvalue weighted by molar-refractivity contribution is 5.94. The molecule has 1 aromatic carbocycles. The molecule has 0 spiro atoms. The first kappa shape index (κ1) is 18.6. The van der Waals surface area contributed by atoms with Crippen LogP contribution in [0, 0.1) is 0 Å². The molecule has 2 heterocycles. The summed E-state index contributed by atoms with van der Waals surface area (Å²) in [5.41, 5.74) is 7.63. The number of rotatable bonds is 5. The van der Waals surface area contributed by atoms with Crippen LogP contribution in [0.25, 0.3) is 10.9 Å². The van der Waals surface area contributed by atoms with E-state index < -0.39 is 0 Å². The summed E-state index contributed by atoms with van der Waals surface area (Å²) in [5, 5.41) is 3.62. The summed E-state index contributed by atoms with van der Waals surface area (Å²) < 4.78 is 10.7. The van der Waals surface area contributed by atoms with Gasteiger partial charge >= 0.3 is 6.03 Å². The number of carbonyl (C=O) groups is 1. The number of urea groups is 1. The minimum Gasteiger partial charge on any atom is -0.493 e. The lowest BCUT2D eigenvalue weighted by molar-refractivity contribution is 0.195. The van der Waals surface area contributed by atoms with E-state index >= 15 is 0 Å². The van der Waals surface area contributed by atoms with Crippen molar-refractivity contribution in [1.29, 1.82) is 0 Å². The number of nitrogens with two attached hydrogens (primary N) is 1. The molecule has 8 nitrogen and oxygen atoms in total. The molecule has 2 amide bonds. The molecule has 1 aromatic heterocycles. The number of anilines is 2. The quantitative estimate of drug-likeness (QED) is 0.779. The Labute approximate surface area is 158 Å². The molecular formula is C19H25N5O3. The summed E-state index contributed by atoms with van der Waals surface area (Å²) in [6, 6.07) is 5.45. The maximum atomic E-state index is 12.0. The van der Waals surface area contributed by atoms with Gasteiger partial charge in [-0.3, -0.25) is 0 Å². The monoisotopic (exact) mass is 371 g/mol. The summed E-state index contributed by atoms with van der Waals surface area (Å²) in [6.07, 6.45) is 1.67. The topological polar surface area (TPSA) is 93.0 Å². The zero-order valence-electron chi connectivity index (χ0n) is 15.7. The van der Waals surface area contributed by atoms with Crippen molar-refractivity contribution in [3.63, 3.8) is 0 Å². The number of benzene rings is 1. The number of ether oxygens (including phenoxy) is 2. The highest BCUT2D eigenvalue weighted by atomic mass is 16.5. The lowest BCUT2D eigenvalue weighted by Gasteiger charge is -2.35. The zero-order chi connectivity index (χ0) is 19.4. The van der Waals surface area contributed by atoms with Crippen molar-refractivity contribution in [2.75, 3.05) is 57.6 Å². The Bertz CT molecular complexity index is 847. The molecule has 0 unspecified atom stereocenters. The van der Waals surface area contributed by atoms with E-state index in [0.717, 1.165) is 16.7 Å². The summed E-state index contributed by atoms with van der Waals surface area (Å²) in [7, 11) is 3.18. The smallest absolute Gasteiger partial charge is 0.317 e. The van der Waals surface area contributed by atoms with Gasteiger partial charge in [-0.2, -0.15) is 0 Å². The van der Waals surface area contributed by atoms with Crippen molar-refractivity contribution in [2.45, 2.75) is 0 Å². The molecule has 2 aromatic rings. The van der Waals surface area contributed by atoms with Crippen molar-refractivity contribution in [3.05, 3.63) is 30.9 Å². The van der Waals surface area contributed by atoms with Crippen LogP contribution in [0.2, 0.25) is 0 Å². The molecule has 0 atom stereocenters. The molecule has 1 saturated heterocycles. The van der Waals surface area contributed by atoms with E-state index in [1.165, 1.54) is 0 Å². The number of hydrogen-bond donors (Lipinski definition) is 2. The molecular weight excluding hydrogens is 346 g/mol. The second-order valence-corrected chi connectivity index (χ2v) is 6.24. The molecule has 1 aliphatic rings. The third-order valence-corrected chi connectivity index (χ3v) is 4.62. The largest absolute Gasteiger partial charge is 0.493 e. The highest BCUT2D eigenvalue weighted by Gasteiger charge is 2.22. The summed E-state index contributed by atoms with van der Waals surface area (Å²) >= 11 is 0. The van der Waals surface area contributed by atoms with Gasteiger partial charge in [0.25, 0.3) is 0 Å². The number of nitrogens with zero attached hydrogens (tertiary/aromatic N) is 3. The third-order valence-electron chi connectivity index (χ3n) is 4.62. The predicted molar refractivity (Wildman–Crippen MR) is 107 cm³/mol. The van der Waals surface area contributed by atoms with E-state index in [4.69, 9.17) is 20.2 Å². The molecule has 8 heteroatoms. The van der Waals surface area contributed by atoms with Crippen molar-refractivity contribution in [2.24, 2.45) is 0 Å². The average molecular weight is 371 g/mol. The molecule has 3 rings (SSSR count). The minimum absolute atomic E-state index is 0.0719. The molecule has 3 N–H and O–H groups in total. The SMILES string of the molecule is C=CCNC(=O)N1CCN(c2cc(N)c3cc(OC)c(OC)cc3n2)CC1. The van der Waals surface area contributed by atoms with E-state index in [9.17, 15) is 4.79 Å². The normalized spacial score (nSPS) is 14.1. The van der Waals surface area contributed by atoms with Gasteiger partial charge in [0.05, 0.1) is 19.7 Å². The van der Waals surface area contributed by atoms with Crippen LogP contribution in [0.5, 0.6) is 11.5 Å². The molecule has 1 aliphatic heterocycles. The predicted octanol–water partition coefficient (Wildman–Crippen LogP) is 1.85. The number of amides is 2. The number of fused-ring (bicyclic) bond motifs is 1. The second-order valence-electron chi connectivity index (χ2n) is 6.24. The Kier molecular flexibility index (Phi) is 5.54. The van der Waals surface area contributed by atoms with Gasteiger partial charge in [-0.05, 0) is 6.07 Å². The van der Waals surface area contributed by atoms with Crippen molar-refractivity contribution < 1.29 is 14.3 Å². The maximum absolute atomic E-state index is 12.0. The molecule has 144 valence electrons. The Morgan fingerprint density at radius 2 is 1.89 bits per heavy atom. The van der Waals surface area contributed by atoms with E-state index in [1.807, 2.05) is 18.2 Å². The summed E-state index contributed by atoms with van der Waals surface area (Å²) in [5.74, 6) is 2.02. The van der Waals surface area contributed by atoms with E-state index in [0.29, 0.717) is 49.9 Å². The van der Waals surface area contributed by atoms with Crippen LogP contribution in [0.1, 0.15) is 0 Å². The highest BCUT2D eigenvalue weighted by Crippen LogP contribution is 2.35. The number of pyridine rings is 1. The number of methoxy groups -OCH3 is 2. The van der Waals surface area contributed by atoms with Crippen LogP contribution in [0.4, 0.5) is 16.3 Å². The fourth-order valence-corrected chi connectivity index (χ4v) is 3.14. The fourth-order valence-electron chi connectivity index (χ4n) is 3.14. The van der Waals surface area contributed by atoms with Gasteiger partial charge in [-0.25, -0.2) is 9.78 Å². The van der Waals surface area contributed by atoms with E-state index in [2.05, 4.69) is 16.8 Å². The maximum Gasteiger partial charge on any atom is 0.317 e. The Balaban J connectivity index is 1.79. The zero-order valence-corrected chi connectivity index (χ0v) is 15.7. The van der Waals surface area contributed by atoms with Crippen molar-refractivity contribution >= 4 is 28.4 Å². The first-order valence-corrected chi connectivity index (χ1v) is 8.78. The van der Waals surface area contributed by atoms with Crippen LogP contribution in [0.3, 0.4) is 0 Å². The van der Waals surface area contributed by atoms with Gasteiger partial charge in [-0.15, -0.1) is 6.58 Å². The molecule has 1 fully saturated rings. The second kappa shape index (κ2) is 8.03. The van der Waals surface area contributed by atoms with Crippen molar-refractivity contribution in [3.8, 4) is 11.5 Å². The van der Waals surface area contributed by atoms with E-state index in [1.54, 1.807) is 25.2 Å². The standard InChI is InChI=1S/C19H25N5O3/c1-4-5-21-19(25)24-8-6-23(7-9-24)18-11-14(20)13-10-16(26-2)17(27-3)12-15(13)22-18/h4,10-12H,1,5-9H2,2-3H3,(H2,20,22)(H,21,25). The lowest BCUT2D eigenvalue weighted by atomic mass is 10.1. The minimum atomic E-state index is -0.0719. The summed E-state index contributed by atoms with van der Waals surface area (Å²) in [4.78, 5) is 20.7. The van der Waals surface area contributed by atoms with Gasteiger partial charge in [0.15, 0.2) is 11.5 Å². The molecule has 0 saturated carbocycles. The van der Waals surface area contributed by atoms with Crippen LogP contribution < -0.4 is 25.4 Å². The fraction of sp³-hybridized carbons (Fsp3) is 0.368. The van der Waals surface area contributed by atoms with Gasteiger partial charge in [0, 0.05) is 55.9 Å². The third kappa shape index (κ3) is 3.84. The first-order valence-electron chi connectivity index (χ1n) is 8.78. The average Bonchev–Trinajstić information content (AvgIpc) is 2.71. The van der Waals surface area contributed by atoms with E-state index in [-0.39, 0.29) is 6.03 Å². The van der Waals surface area contributed by atoms with Gasteiger partial charge < -0.3 is 30.3 Å². The number of hydrogen-bond acceptors (Lipinski definition) is 6. The lowest BCUT2D eigenvalue weighted by Crippen LogP contribution is -2.52.